The van der Waals surface area contributed by atoms with Gasteiger partial charge < -0.3 is 10.1 Å². The highest BCUT2D eigenvalue weighted by atomic mass is 32.2. The highest BCUT2D eigenvalue weighted by Gasteiger charge is 2.21. The second-order valence-electron chi connectivity index (χ2n) is 6.79. The molecule has 0 aromatic heterocycles. The van der Waals surface area contributed by atoms with Crippen molar-refractivity contribution in [3.05, 3.63) is 70.8 Å². The first kappa shape index (κ1) is 21.9. The fourth-order valence-electron chi connectivity index (χ4n) is 3.05. The summed E-state index contributed by atoms with van der Waals surface area (Å²) >= 11 is 0. The summed E-state index contributed by atoms with van der Waals surface area (Å²) in [6.45, 7) is 7.55. The van der Waals surface area contributed by atoms with E-state index < -0.39 is 14.9 Å². The van der Waals surface area contributed by atoms with E-state index in [9.17, 15) is 18.5 Å². The number of morpholine rings is 1. The molecule has 0 unspecified atom stereocenters. The van der Waals surface area contributed by atoms with E-state index in [0.29, 0.717) is 5.69 Å². The van der Waals surface area contributed by atoms with Crippen LogP contribution in [0.2, 0.25) is 0 Å². The van der Waals surface area contributed by atoms with E-state index in [0.717, 1.165) is 44.5 Å². The Morgan fingerprint density at radius 2 is 1.87 bits per heavy atom. The van der Waals surface area contributed by atoms with Crippen molar-refractivity contribution in [3.8, 4) is 0 Å². The molecule has 0 spiro atoms. The molecule has 1 aliphatic heterocycles. The van der Waals surface area contributed by atoms with Crippen molar-refractivity contribution in [2.45, 2.75) is 11.4 Å². The zero-order valence-corrected chi connectivity index (χ0v) is 17.2. The lowest BCUT2D eigenvalue weighted by Gasteiger charge is -2.26. The molecule has 2 aromatic carbocycles. The van der Waals surface area contributed by atoms with Crippen LogP contribution in [-0.2, 0) is 21.3 Å². The Kier molecular flexibility index (Phi) is 7.16. The first-order valence-electron chi connectivity index (χ1n) is 9.44. The average Bonchev–Trinajstić information content (AvgIpc) is 2.74. The van der Waals surface area contributed by atoms with Gasteiger partial charge in [0.1, 0.15) is 5.69 Å². The summed E-state index contributed by atoms with van der Waals surface area (Å²) in [4.78, 5) is 13.0. The highest BCUT2D eigenvalue weighted by Crippen LogP contribution is 2.30. The smallest absolute Gasteiger partial charge is 0.294 e. The Labute approximate surface area is 175 Å². The fourth-order valence-corrected chi connectivity index (χ4v) is 4.07. The summed E-state index contributed by atoms with van der Waals surface area (Å²) in [7, 11) is -3.85. The van der Waals surface area contributed by atoms with E-state index in [2.05, 4.69) is 21.5 Å². The number of rotatable bonds is 9. The maximum atomic E-state index is 12.2. The normalized spacial score (nSPS) is 14.9. The molecule has 1 aliphatic rings. The third kappa shape index (κ3) is 5.63. The molecule has 0 aliphatic carbocycles. The lowest BCUT2D eigenvalue weighted by atomic mass is 10.1. The average molecular weight is 433 g/mol. The fraction of sp³-hybridized carbons (Fsp3) is 0.300. The van der Waals surface area contributed by atoms with Crippen molar-refractivity contribution >= 4 is 27.1 Å². The summed E-state index contributed by atoms with van der Waals surface area (Å²) < 4.78 is 32.1. The summed E-state index contributed by atoms with van der Waals surface area (Å²) in [6.07, 6.45) is 1.39. The summed E-state index contributed by atoms with van der Waals surface area (Å²) in [5.41, 5.74) is 1.69. The van der Waals surface area contributed by atoms with Gasteiger partial charge in [-0.15, -0.1) is 6.58 Å². The van der Waals surface area contributed by atoms with Gasteiger partial charge >= 0.3 is 0 Å². The van der Waals surface area contributed by atoms with Gasteiger partial charge in [-0.25, -0.2) is 13.1 Å². The molecule has 30 heavy (non-hydrogen) atoms. The van der Waals surface area contributed by atoms with Crippen LogP contribution in [0, 0.1) is 10.1 Å². The number of hydrogen-bond donors (Lipinski definition) is 2. The predicted octanol–water partition coefficient (Wildman–Crippen LogP) is 2.63. The van der Waals surface area contributed by atoms with Crippen molar-refractivity contribution in [3.63, 3.8) is 0 Å². The molecule has 0 atom stereocenters. The summed E-state index contributed by atoms with van der Waals surface area (Å²) in [6, 6.07) is 11.4. The number of anilines is 2. The van der Waals surface area contributed by atoms with Crippen molar-refractivity contribution in [2.75, 3.05) is 38.2 Å². The van der Waals surface area contributed by atoms with Gasteiger partial charge in [-0.2, -0.15) is 0 Å². The Morgan fingerprint density at radius 1 is 1.17 bits per heavy atom. The quantitative estimate of drug-likeness (QED) is 0.356. The molecule has 0 saturated carbocycles. The minimum Gasteiger partial charge on any atom is -0.379 e. The molecular formula is C20H24N4O5S. The third-order valence-corrected chi connectivity index (χ3v) is 6.06. The second-order valence-corrected chi connectivity index (χ2v) is 8.55. The molecule has 9 nitrogen and oxygen atoms in total. The third-order valence-electron chi connectivity index (χ3n) is 4.64. The number of nitro benzene ring substituents is 1. The molecule has 0 amide bonds. The van der Waals surface area contributed by atoms with Crippen LogP contribution < -0.4 is 10.0 Å². The Bertz CT molecular complexity index is 1000. The summed E-state index contributed by atoms with van der Waals surface area (Å²) in [5.74, 6) is 0. The van der Waals surface area contributed by atoms with E-state index in [4.69, 9.17) is 4.74 Å². The number of nitro groups is 1. The van der Waals surface area contributed by atoms with Crippen molar-refractivity contribution < 1.29 is 18.1 Å². The molecule has 10 heteroatoms. The Hall–Kier alpha value is -2.79. The lowest BCUT2D eigenvalue weighted by Crippen LogP contribution is -2.35. The molecule has 2 N–H and O–H groups in total. The first-order valence-corrected chi connectivity index (χ1v) is 10.9. The van der Waals surface area contributed by atoms with Crippen molar-refractivity contribution in [1.82, 2.24) is 9.62 Å². The molecular weight excluding hydrogens is 408 g/mol. The van der Waals surface area contributed by atoms with E-state index in [-0.39, 0.29) is 22.8 Å². The number of nitrogens with zero attached hydrogens (tertiary/aromatic N) is 2. The second kappa shape index (κ2) is 9.81. The number of benzene rings is 2. The van der Waals surface area contributed by atoms with Gasteiger partial charge in [0, 0.05) is 37.9 Å². The van der Waals surface area contributed by atoms with Gasteiger partial charge in [-0.3, -0.25) is 15.0 Å². The number of hydrogen-bond acceptors (Lipinski definition) is 7. The number of ether oxygens (including phenoxy) is 1. The van der Waals surface area contributed by atoms with E-state index in [1.807, 2.05) is 24.3 Å². The van der Waals surface area contributed by atoms with Crippen LogP contribution >= 0.6 is 0 Å². The monoisotopic (exact) mass is 432 g/mol. The van der Waals surface area contributed by atoms with Crippen molar-refractivity contribution in [1.29, 1.82) is 0 Å². The van der Waals surface area contributed by atoms with Gasteiger partial charge in [0.2, 0.25) is 10.0 Å². The van der Waals surface area contributed by atoms with Gasteiger partial charge in [0.05, 0.1) is 23.0 Å². The van der Waals surface area contributed by atoms with Gasteiger partial charge in [0.25, 0.3) is 5.69 Å². The minimum absolute atomic E-state index is 0.0347. The summed E-state index contributed by atoms with van der Waals surface area (Å²) in [5, 5.41) is 14.5. The molecule has 1 fully saturated rings. The van der Waals surface area contributed by atoms with Crippen LogP contribution in [0.4, 0.5) is 17.1 Å². The molecule has 2 aromatic rings. The SMILES string of the molecule is C=CCNS(=O)(=O)c1ccc(Nc2ccc(CN3CCOCC3)cc2)c([N+](=O)[O-])c1. The topological polar surface area (TPSA) is 114 Å². The van der Waals surface area contributed by atoms with Crippen LogP contribution in [0.25, 0.3) is 0 Å². The largest absolute Gasteiger partial charge is 0.379 e. The van der Waals surface area contributed by atoms with Crippen LogP contribution in [0.15, 0.2) is 60.0 Å². The Morgan fingerprint density at radius 3 is 2.50 bits per heavy atom. The van der Waals surface area contributed by atoms with Crippen molar-refractivity contribution in [2.24, 2.45) is 0 Å². The number of sulfonamides is 1. The molecule has 1 saturated heterocycles. The van der Waals surface area contributed by atoms with Gasteiger partial charge in [-0.05, 0) is 29.8 Å². The highest BCUT2D eigenvalue weighted by molar-refractivity contribution is 7.89. The maximum Gasteiger partial charge on any atom is 0.294 e. The Balaban J connectivity index is 1.75. The van der Waals surface area contributed by atoms with E-state index in [1.165, 1.54) is 18.2 Å². The van der Waals surface area contributed by atoms with Gasteiger partial charge in [0.15, 0.2) is 0 Å². The molecule has 1 heterocycles. The first-order chi connectivity index (χ1) is 14.4. The van der Waals surface area contributed by atoms with E-state index >= 15 is 0 Å². The van der Waals surface area contributed by atoms with Gasteiger partial charge in [-0.1, -0.05) is 18.2 Å². The molecule has 0 bridgehead atoms. The zero-order valence-electron chi connectivity index (χ0n) is 16.4. The minimum atomic E-state index is -3.85. The predicted molar refractivity (Wildman–Crippen MR) is 114 cm³/mol. The van der Waals surface area contributed by atoms with Crippen LogP contribution in [-0.4, -0.2) is 51.1 Å². The standard InChI is InChI=1S/C20H24N4O5S/c1-2-9-21-30(27,28)18-7-8-19(20(14-18)24(25)26)22-17-5-3-16(4-6-17)15-23-10-12-29-13-11-23/h2-8,14,21-22H,1,9-13,15H2. The van der Waals surface area contributed by atoms with E-state index in [1.54, 1.807) is 0 Å². The van der Waals surface area contributed by atoms with Crippen LogP contribution in [0.3, 0.4) is 0 Å². The maximum absolute atomic E-state index is 12.2. The molecule has 160 valence electrons. The lowest BCUT2D eigenvalue weighted by molar-refractivity contribution is -0.384. The van der Waals surface area contributed by atoms with Crippen LogP contribution in [0.1, 0.15) is 5.56 Å². The number of nitrogens with one attached hydrogen (secondary N) is 2. The zero-order chi connectivity index (χ0) is 21.6. The van der Waals surface area contributed by atoms with Crippen LogP contribution in [0.5, 0.6) is 0 Å². The molecule has 3 rings (SSSR count). The molecule has 0 radical (unpaired) electrons.